The van der Waals surface area contributed by atoms with Gasteiger partial charge in [-0.25, -0.2) is 14.3 Å². The number of benzene rings is 2. The lowest BCUT2D eigenvalue weighted by Gasteiger charge is -1.98. The Hall–Kier alpha value is -2.62. The number of nitrogens with one attached hydrogen (secondary N) is 1. The lowest BCUT2D eigenvalue weighted by Crippen LogP contribution is -2.39. The van der Waals surface area contributed by atoms with Crippen LogP contribution in [0.2, 0.25) is 0 Å². The third-order valence-corrected chi connectivity index (χ3v) is 3.06. The van der Waals surface area contributed by atoms with Crippen molar-refractivity contribution >= 4 is 17.0 Å². The number of imidazole rings is 1. The molecule has 4 heteroatoms. The van der Waals surface area contributed by atoms with Gasteiger partial charge in [-0.3, -0.25) is 0 Å². The predicted molar refractivity (Wildman–Crippen MR) is 71.6 cm³/mol. The fraction of sp³-hybridized carbons (Fsp3) is 0.0667. The molecule has 3 rings (SSSR count). The van der Waals surface area contributed by atoms with E-state index in [2.05, 4.69) is 4.98 Å². The second-order valence-corrected chi connectivity index (χ2v) is 4.34. The summed E-state index contributed by atoms with van der Waals surface area (Å²) in [7, 11) is 0. The maximum absolute atomic E-state index is 11.1. The minimum atomic E-state index is -0.855. The van der Waals surface area contributed by atoms with Gasteiger partial charge in [0.2, 0.25) is 0 Å². The minimum Gasteiger partial charge on any atom is -0.478 e. The standard InChI is InChI=1S/C15H12N2O2/c18-14(19)10-17-13-9-5-4-8-12(13)16-15(17)11-6-2-1-3-7-11/h1-9H,10H2,(H,18,19)/p+1. The summed E-state index contributed by atoms with van der Waals surface area (Å²) in [4.78, 5) is 14.3. The third kappa shape index (κ3) is 2.08. The van der Waals surface area contributed by atoms with Crippen LogP contribution < -0.4 is 4.57 Å². The number of carbonyl (C=O) groups is 1. The SMILES string of the molecule is O=C(O)C[n+]1c(-c2ccccc2)[nH]c2ccccc21. The van der Waals surface area contributed by atoms with Crippen LogP contribution in [0.25, 0.3) is 22.4 Å². The van der Waals surface area contributed by atoms with Gasteiger partial charge < -0.3 is 5.11 Å². The van der Waals surface area contributed by atoms with Crippen molar-refractivity contribution in [3.63, 3.8) is 0 Å². The van der Waals surface area contributed by atoms with Crippen LogP contribution in [0.1, 0.15) is 0 Å². The van der Waals surface area contributed by atoms with Crippen LogP contribution in [0.15, 0.2) is 54.6 Å². The molecule has 4 nitrogen and oxygen atoms in total. The Morgan fingerprint density at radius 3 is 2.47 bits per heavy atom. The van der Waals surface area contributed by atoms with E-state index in [-0.39, 0.29) is 6.54 Å². The molecule has 0 aliphatic heterocycles. The summed E-state index contributed by atoms with van der Waals surface area (Å²) in [6.45, 7) is -0.0613. The maximum atomic E-state index is 11.1. The lowest BCUT2D eigenvalue weighted by atomic mass is 10.2. The van der Waals surface area contributed by atoms with Crippen LogP contribution in [0, 0.1) is 0 Å². The molecule has 0 atom stereocenters. The summed E-state index contributed by atoms with van der Waals surface area (Å²) in [6.07, 6.45) is 0. The van der Waals surface area contributed by atoms with Gasteiger partial charge in [-0.05, 0) is 24.3 Å². The Morgan fingerprint density at radius 2 is 1.74 bits per heavy atom. The average Bonchev–Trinajstić information content (AvgIpc) is 2.78. The summed E-state index contributed by atoms with van der Waals surface area (Å²) < 4.78 is 1.78. The highest BCUT2D eigenvalue weighted by atomic mass is 16.4. The van der Waals surface area contributed by atoms with Crippen LogP contribution >= 0.6 is 0 Å². The van der Waals surface area contributed by atoms with Gasteiger partial charge in [-0.15, -0.1) is 0 Å². The summed E-state index contributed by atoms with van der Waals surface area (Å²) in [5, 5.41) is 9.08. The van der Waals surface area contributed by atoms with Crippen LogP contribution in [0.3, 0.4) is 0 Å². The highest BCUT2D eigenvalue weighted by molar-refractivity contribution is 5.75. The molecule has 0 amide bonds. The number of aromatic amines is 1. The van der Waals surface area contributed by atoms with Gasteiger partial charge in [-0.2, -0.15) is 0 Å². The van der Waals surface area contributed by atoms with E-state index in [0.717, 1.165) is 22.4 Å². The molecule has 0 bridgehead atoms. The molecule has 0 fully saturated rings. The number of fused-ring (bicyclic) bond motifs is 1. The maximum Gasteiger partial charge on any atom is 0.346 e. The zero-order valence-corrected chi connectivity index (χ0v) is 10.2. The molecule has 0 saturated carbocycles. The smallest absolute Gasteiger partial charge is 0.346 e. The first kappa shape index (κ1) is 11.5. The van der Waals surface area contributed by atoms with E-state index in [0.29, 0.717) is 0 Å². The Labute approximate surface area is 109 Å². The summed E-state index contributed by atoms with van der Waals surface area (Å²) in [6, 6.07) is 17.4. The van der Waals surface area contributed by atoms with Gasteiger partial charge in [0, 0.05) is 0 Å². The molecule has 94 valence electrons. The number of aromatic nitrogens is 2. The molecule has 3 aromatic rings. The van der Waals surface area contributed by atoms with Crippen molar-refractivity contribution in [3.05, 3.63) is 54.6 Å². The van der Waals surface area contributed by atoms with Crippen molar-refractivity contribution in [2.45, 2.75) is 6.54 Å². The highest BCUT2D eigenvalue weighted by Crippen LogP contribution is 2.18. The number of hydrogen-bond donors (Lipinski definition) is 2. The normalized spacial score (nSPS) is 10.7. The summed E-state index contributed by atoms with van der Waals surface area (Å²) >= 11 is 0. The number of hydrogen-bond acceptors (Lipinski definition) is 1. The first-order valence-electron chi connectivity index (χ1n) is 6.03. The van der Waals surface area contributed by atoms with Crippen LogP contribution in [-0.2, 0) is 11.3 Å². The third-order valence-electron chi connectivity index (χ3n) is 3.06. The Morgan fingerprint density at radius 1 is 1.05 bits per heavy atom. The molecule has 0 radical (unpaired) electrons. The molecule has 1 aromatic heterocycles. The van der Waals surface area contributed by atoms with Gasteiger partial charge in [0.1, 0.15) is 0 Å². The number of H-pyrrole nitrogens is 1. The largest absolute Gasteiger partial charge is 0.478 e. The van der Waals surface area contributed by atoms with E-state index >= 15 is 0 Å². The monoisotopic (exact) mass is 253 g/mol. The van der Waals surface area contributed by atoms with Gasteiger partial charge >= 0.3 is 5.97 Å². The topological polar surface area (TPSA) is 57.0 Å². The Kier molecular flexibility index (Phi) is 2.76. The first-order chi connectivity index (χ1) is 9.25. The van der Waals surface area contributed by atoms with Crippen molar-refractivity contribution in [2.75, 3.05) is 0 Å². The number of carboxylic acid groups (broad SMARTS) is 1. The van der Waals surface area contributed by atoms with Gasteiger partial charge in [0.05, 0.1) is 5.56 Å². The van der Waals surface area contributed by atoms with E-state index in [4.69, 9.17) is 5.11 Å². The Balaban J connectivity index is 2.26. The second kappa shape index (κ2) is 4.57. The van der Waals surface area contributed by atoms with Crippen molar-refractivity contribution < 1.29 is 14.5 Å². The molecule has 1 heterocycles. The quantitative estimate of drug-likeness (QED) is 0.703. The fourth-order valence-electron chi connectivity index (χ4n) is 2.25. The van der Waals surface area contributed by atoms with Crippen LogP contribution in [0.4, 0.5) is 0 Å². The number of para-hydroxylation sites is 2. The number of rotatable bonds is 3. The molecular weight excluding hydrogens is 240 g/mol. The van der Waals surface area contributed by atoms with E-state index in [9.17, 15) is 4.79 Å². The number of carboxylic acids is 1. The fourth-order valence-corrected chi connectivity index (χ4v) is 2.25. The molecule has 0 aliphatic carbocycles. The molecule has 0 unspecified atom stereocenters. The number of nitrogens with zero attached hydrogens (tertiary/aromatic N) is 1. The minimum absolute atomic E-state index is 0.0613. The molecule has 2 aromatic carbocycles. The predicted octanol–water partition coefficient (Wildman–Crippen LogP) is 2.21. The summed E-state index contributed by atoms with van der Waals surface area (Å²) in [5.41, 5.74) is 2.80. The molecular formula is C15H13N2O2+. The first-order valence-corrected chi connectivity index (χ1v) is 6.03. The van der Waals surface area contributed by atoms with Gasteiger partial charge in [0.25, 0.3) is 5.82 Å². The van der Waals surface area contributed by atoms with E-state index in [1.165, 1.54) is 0 Å². The summed E-state index contributed by atoms with van der Waals surface area (Å²) in [5.74, 6) is -0.0452. The molecule has 19 heavy (non-hydrogen) atoms. The lowest BCUT2D eigenvalue weighted by molar-refractivity contribution is -0.648. The van der Waals surface area contributed by atoms with Crippen LogP contribution in [-0.4, -0.2) is 16.1 Å². The molecule has 0 spiro atoms. The zero-order chi connectivity index (χ0) is 13.2. The molecule has 2 N–H and O–H groups in total. The number of aliphatic carboxylic acids is 1. The highest BCUT2D eigenvalue weighted by Gasteiger charge is 2.21. The van der Waals surface area contributed by atoms with E-state index in [1.54, 1.807) is 4.57 Å². The Bertz CT molecular complexity index is 732. The van der Waals surface area contributed by atoms with Gasteiger partial charge in [-0.1, -0.05) is 30.3 Å². The second-order valence-electron chi connectivity index (χ2n) is 4.34. The molecule has 0 aliphatic rings. The van der Waals surface area contributed by atoms with Crippen molar-refractivity contribution in [3.8, 4) is 11.4 Å². The van der Waals surface area contributed by atoms with E-state index in [1.807, 2.05) is 54.6 Å². The zero-order valence-electron chi connectivity index (χ0n) is 10.2. The van der Waals surface area contributed by atoms with Crippen LogP contribution in [0.5, 0.6) is 0 Å². The molecule has 0 saturated heterocycles. The van der Waals surface area contributed by atoms with Crippen molar-refractivity contribution in [1.82, 2.24) is 4.98 Å². The van der Waals surface area contributed by atoms with Crippen molar-refractivity contribution in [1.29, 1.82) is 0 Å². The van der Waals surface area contributed by atoms with E-state index < -0.39 is 5.97 Å². The average molecular weight is 253 g/mol. The van der Waals surface area contributed by atoms with Crippen molar-refractivity contribution in [2.24, 2.45) is 0 Å². The van der Waals surface area contributed by atoms with Gasteiger partial charge in [0.15, 0.2) is 17.6 Å².